The summed E-state index contributed by atoms with van der Waals surface area (Å²) in [5.74, 6) is 0.0722. The molecule has 0 spiro atoms. The molecule has 1 amide bonds. The maximum Gasteiger partial charge on any atom is 0.244 e. The fourth-order valence-electron chi connectivity index (χ4n) is 2.40. The zero-order chi connectivity index (χ0) is 19.2. The number of hydrogen-bond acceptors (Lipinski definition) is 4. The highest BCUT2D eigenvalue weighted by Crippen LogP contribution is 2.26. The number of halogens is 1. The molecule has 0 aliphatic heterocycles. The molecule has 6 nitrogen and oxygen atoms in total. The third-order valence-corrected chi connectivity index (χ3v) is 5.47. The number of hydrogen-bond donors (Lipinski definition) is 1. The first-order valence-corrected chi connectivity index (χ1v) is 9.82. The summed E-state index contributed by atoms with van der Waals surface area (Å²) in [7, 11) is -2.43. The molecule has 2 rings (SSSR count). The molecule has 140 valence electrons. The third kappa shape index (κ3) is 5.45. The Labute approximate surface area is 158 Å². The first-order valence-electron chi connectivity index (χ1n) is 7.96. The van der Waals surface area contributed by atoms with Gasteiger partial charge >= 0.3 is 0 Å². The van der Waals surface area contributed by atoms with Gasteiger partial charge in [-0.05, 0) is 23.8 Å². The number of benzene rings is 2. The SMILES string of the molecule is COc1ccc(Cl)cc1S(=O)(=O)NCCN(Cc1ccccc1)C(C)=O. The molecule has 0 saturated carbocycles. The lowest BCUT2D eigenvalue weighted by molar-refractivity contribution is -0.129. The van der Waals surface area contributed by atoms with Gasteiger partial charge in [0, 0.05) is 31.6 Å². The molecule has 0 fully saturated rings. The Morgan fingerprint density at radius 2 is 1.88 bits per heavy atom. The van der Waals surface area contributed by atoms with Crippen molar-refractivity contribution in [2.24, 2.45) is 0 Å². The topological polar surface area (TPSA) is 75.7 Å². The third-order valence-electron chi connectivity index (χ3n) is 3.75. The van der Waals surface area contributed by atoms with Gasteiger partial charge in [0.05, 0.1) is 7.11 Å². The largest absolute Gasteiger partial charge is 0.495 e. The lowest BCUT2D eigenvalue weighted by Crippen LogP contribution is -2.37. The summed E-state index contributed by atoms with van der Waals surface area (Å²) in [6.45, 7) is 2.19. The Balaban J connectivity index is 2.04. The summed E-state index contributed by atoms with van der Waals surface area (Å²) in [6, 6.07) is 13.9. The molecule has 0 aliphatic carbocycles. The van der Waals surface area contributed by atoms with Crippen molar-refractivity contribution in [3.63, 3.8) is 0 Å². The molecular weight excluding hydrogens is 376 g/mol. The Bertz CT molecular complexity index is 857. The van der Waals surface area contributed by atoms with Crippen LogP contribution in [0.3, 0.4) is 0 Å². The highest BCUT2D eigenvalue weighted by atomic mass is 35.5. The first kappa shape index (κ1) is 20.2. The molecule has 2 aromatic carbocycles. The molecule has 0 atom stereocenters. The van der Waals surface area contributed by atoms with Crippen molar-refractivity contribution >= 4 is 27.5 Å². The van der Waals surface area contributed by atoms with Crippen molar-refractivity contribution in [3.05, 3.63) is 59.1 Å². The van der Waals surface area contributed by atoms with Gasteiger partial charge < -0.3 is 9.64 Å². The van der Waals surface area contributed by atoms with Crippen molar-refractivity contribution in [1.29, 1.82) is 0 Å². The van der Waals surface area contributed by atoms with Crippen molar-refractivity contribution in [3.8, 4) is 5.75 Å². The Morgan fingerprint density at radius 3 is 2.50 bits per heavy atom. The smallest absolute Gasteiger partial charge is 0.244 e. The molecular formula is C18H21ClN2O4S. The van der Waals surface area contributed by atoms with Crippen molar-refractivity contribution in [2.45, 2.75) is 18.4 Å². The molecule has 1 N–H and O–H groups in total. The summed E-state index contributed by atoms with van der Waals surface area (Å²) in [6.07, 6.45) is 0. The van der Waals surface area contributed by atoms with E-state index in [0.29, 0.717) is 11.6 Å². The van der Waals surface area contributed by atoms with Gasteiger partial charge in [-0.25, -0.2) is 13.1 Å². The second-order valence-corrected chi connectivity index (χ2v) is 7.79. The van der Waals surface area contributed by atoms with Crippen LogP contribution in [-0.2, 0) is 21.4 Å². The Hall–Kier alpha value is -2.09. The molecule has 0 radical (unpaired) electrons. The van der Waals surface area contributed by atoms with E-state index in [2.05, 4.69) is 4.72 Å². The molecule has 2 aromatic rings. The zero-order valence-corrected chi connectivity index (χ0v) is 16.2. The predicted octanol–water partition coefficient (Wildman–Crippen LogP) is 2.68. The van der Waals surface area contributed by atoms with Crippen LogP contribution in [0.15, 0.2) is 53.4 Å². The quantitative estimate of drug-likeness (QED) is 0.744. The highest BCUT2D eigenvalue weighted by Gasteiger charge is 2.20. The van der Waals surface area contributed by atoms with Crippen LogP contribution >= 0.6 is 11.6 Å². The monoisotopic (exact) mass is 396 g/mol. The molecule has 0 aromatic heterocycles. The van der Waals surface area contributed by atoms with E-state index >= 15 is 0 Å². The van der Waals surface area contributed by atoms with Gasteiger partial charge in [0.1, 0.15) is 10.6 Å². The Morgan fingerprint density at radius 1 is 1.19 bits per heavy atom. The van der Waals surface area contributed by atoms with E-state index in [1.807, 2.05) is 30.3 Å². The molecule has 26 heavy (non-hydrogen) atoms. The summed E-state index contributed by atoms with van der Waals surface area (Å²) >= 11 is 5.90. The Kier molecular flexibility index (Phi) is 7.02. The minimum Gasteiger partial charge on any atom is -0.495 e. The van der Waals surface area contributed by atoms with Crippen molar-refractivity contribution in [2.75, 3.05) is 20.2 Å². The number of rotatable bonds is 8. The average molecular weight is 397 g/mol. The van der Waals surface area contributed by atoms with Gasteiger partial charge in [-0.1, -0.05) is 41.9 Å². The standard InChI is InChI=1S/C18H21ClN2O4S/c1-14(22)21(13-15-6-4-3-5-7-15)11-10-20-26(23,24)18-12-16(19)8-9-17(18)25-2/h3-9,12,20H,10-11,13H2,1-2H3. The van der Waals surface area contributed by atoms with Gasteiger partial charge in [0.2, 0.25) is 15.9 Å². The number of ether oxygens (including phenoxy) is 1. The number of methoxy groups -OCH3 is 1. The number of sulfonamides is 1. The van der Waals surface area contributed by atoms with Crippen LogP contribution in [0.5, 0.6) is 5.75 Å². The van der Waals surface area contributed by atoms with Crippen molar-refractivity contribution < 1.29 is 17.9 Å². The lowest BCUT2D eigenvalue weighted by atomic mass is 10.2. The molecule has 0 bridgehead atoms. The fraction of sp³-hybridized carbons (Fsp3) is 0.278. The fourth-order valence-corrected chi connectivity index (χ4v) is 3.86. The van der Waals surface area contributed by atoms with E-state index in [-0.39, 0.29) is 29.6 Å². The molecule has 0 saturated heterocycles. The minimum absolute atomic E-state index is 0.0371. The van der Waals surface area contributed by atoms with Crippen LogP contribution in [-0.4, -0.2) is 39.4 Å². The van der Waals surface area contributed by atoms with Crippen LogP contribution in [0.2, 0.25) is 5.02 Å². The minimum atomic E-state index is -3.82. The zero-order valence-electron chi connectivity index (χ0n) is 14.6. The molecule has 8 heteroatoms. The van der Waals surface area contributed by atoms with E-state index < -0.39 is 10.0 Å². The van der Waals surface area contributed by atoms with Crippen LogP contribution in [0, 0.1) is 0 Å². The number of carbonyl (C=O) groups excluding carboxylic acids is 1. The van der Waals surface area contributed by atoms with E-state index in [0.717, 1.165) is 5.56 Å². The van der Waals surface area contributed by atoms with Crippen LogP contribution in [0.4, 0.5) is 0 Å². The van der Waals surface area contributed by atoms with E-state index in [1.165, 1.54) is 26.2 Å². The molecule has 0 heterocycles. The maximum absolute atomic E-state index is 12.5. The maximum atomic E-state index is 12.5. The van der Waals surface area contributed by atoms with Gasteiger partial charge in [-0.15, -0.1) is 0 Å². The first-order chi connectivity index (χ1) is 12.3. The van der Waals surface area contributed by atoms with Crippen LogP contribution < -0.4 is 9.46 Å². The predicted molar refractivity (Wildman–Crippen MR) is 101 cm³/mol. The second kappa shape index (κ2) is 9.02. The number of amides is 1. The van der Waals surface area contributed by atoms with E-state index in [4.69, 9.17) is 16.3 Å². The van der Waals surface area contributed by atoms with Crippen LogP contribution in [0.1, 0.15) is 12.5 Å². The summed E-state index contributed by atoms with van der Waals surface area (Å²) in [4.78, 5) is 13.4. The lowest BCUT2D eigenvalue weighted by Gasteiger charge is -2.21. The molecule has 0 unspecified atom stereocenters. The average Bonchev–Trinajstić information content (AvgIpc) is 2.61. The summed E-state index contributed by atoms with van der Waals surface area (Å²) in [5, 5.41) is 0.292. The number of nitrogens with one attached hydrogen (secondary N) is 1. The van der Waals surface area contributed by atoms with Gasteiger partial charge in [0.15, 0.2) is 0 Å². The number of carbonyl (C=O) groups is 1. The summed E-state index contributed by atoms with van der Waals surface area (Å²) < 4.78 is 32.6. The van der Waals surface area contributed by atoms with Gasteiger partial charge in [0.25, 0.3) is 0 Å². The normalized spacial score (nSPS) is 11.2. The van der Waals surface area contributed by atoms with Crippen LogP contribution in [0.25, 0.3) is 0 Å². The highest BCUT2D eigenvalue weighted by molar-refractivity contribution is 7.89. The van der Waals surface area contributed by atoms with Crippen molar-refractivity contribution in [1.82, 2.24) is 9.62 Å². The summed E-state index contributed by atoms with van der Waals surface area (Å²) in [5.41, 5.74) is 0.974. The van der Waals surface area contributed by atoms with E-state index in [9.17, 15) is 13.2 Å². The van der Waals surface area contributed by atoms with E-state index in [1.54, 1.807) is 11.0 Å². The molecule has 0 aliphatic rings. The van der Waals surface area contributed by atoms with Gasteiger partial charge in [-0.3, -0.25) is 4.79 Å². The number of nitrogens with zero attached hydrogens (tertiary/aromatic N) is 1. The van der Waals surface area contributed by atoms with Gasteiger partial charge in [-0.2, -0.15) is 0 Å². The second-order valence-electron chi connectivity index (χ2n) is 5.62.